The van der Waals surface area contributed by atoms with Gasteiger partial charge in [-0.2, -0.15) is 0 Å². The molecule has 0 aliphatic rings. The molecule has 1 aromatic carbocycles. The van der Waals surface area contributed by atoms with Crippen molar-refractivity contribution in [3.63, 3.8) is 0 Å². The second kappa shape index (κ2) is 7.91. The summed E-state index contributed by atoms with van der Waals surface area (Å²) in [6.07, 6.45) is 2.70. The number of nitrogens with zero attached hydrogens (tertiary/aromatic N) is 1. The van der Waals surface area contributed by atoms with Crippen LogP contribution >= 0.6 is 0 Å². The van der Waals surface area contributed by atoms with Gasteiger partial charge in [0, 0.05) is 12.7 Å². The molecule has 0 bridgehead atoms. The van der Waals surface area contributed by atoms with Gasteiger partial charge >= 0.3 is 0 Å². The molecule has 1 atom stereocenters. The van der Waals surface area contributed by atoms with Gasteiger partial charge in [0.2, 0.25) is 0 Å². The molecular formula is C20H26N2O. The number of amides is 1. The van der Waals surface area contributed by atoms with Crippen molar-refractivity contribution < 1.29 is 4.79 Å². The second-order valence-corrected chi connectivity index (χ2v) is 6.44. The van der Waals surface area contributed by atoms with Crippen LogP contribution in [-0.4, -0.2) is 17.4 Å². The number of rotatable bonds is 6. The first-order valence-corrected chi connectivity index (χ1v) is 8.28. The van der Waals surface area contributed by atoms with E-state index in [2.05, 4.69) is 43.2 Å². The van der Waals surface area contributed by atoms with Crippen LogP contribution in [0.15, 0.2) is 42.6 Å². The molecule has 3 nitrogen and oxygen atoms in total. The molecule has 0 radical (unpaired) electrons. The molecule has 1 heterocycles. The van der Waals surface area contributed by atoms with Gasteiger partial charge in [0.05, 0.1) is 0 Å². The summed E-state index contributed by atoms with van der Waals surface area (Å²) in [5, 5.41) is 2.98. The van der Waals surface area contributed by atoms with Gasteiger partial charge in [0.25, 0.3) is 5.91 Å². The number of nitrogens with one attached hydrogen (secondary N) is 1. The van der Waals surface area contributed by atoms with E-state index in [9.17, 15) is 4.79 Å². The fourth-order valence-corrected chi connectivity index (χ4v) is 2.73. The zero-order valence-electron chi connectivity index (χ0n) is 14.5. The molecular weight excluding hydrogens is 284 g/mol. The molecule has 2 rings (SSSR count). The molecule has 2 aromatic rings. The average Bonchev–Trinajstić information content (AvgIpc) is 2.55. The van der Waals surface area contributed by atoms with E-state index < -0.39 is 0 Å². The summed E-state index contributed by atoms with van der Waals surface area (Å²) in [6, 6.07) is 12.3. The lowest BCUT2D eigenvalue weighted by Gasteiger charge is -2.13. The monoisotopic (exact) mass is 310 g/mol. The highest BCUT2D eigenvalue weighted by molar-refractivity contribution is 5.92. The van der Waals surface area contributed by atoms with Gasteiger partial charge in [0.15, 0.2) is 0 Å². The van der Waals surface area contributed by atoms with E-state index in [-0.39, 0.29) is 5.91 Å². The number of aromatic nitrogens is 1. The van der Waals surface area contributed by atoms with Crippen molar-refractivity contribution in [2.24, 2.45) is 0 Å². The maximum atomic E-state index is 12.3. The highest BCUT2D eigenvalue weighted by Crippen LogP contribution is 2.19. The summed E-state index contributed by atoms with van der Waals surface area (Å²) in [5.41, 5.74) is 4.13. The van der Waals surface area contributed by atoms with Gasteiger partial charge in [-0.1, -0.05) is 51.1 Å². The van der Waals surface area contributed by atoms with Crippen LogP contribution in [0, 0.1) is 6.92 Å². The lowest BCUT2D eigenvalue weighted by molar-refractivity contribution is 0.0947. The number of benzene rings is 1. The van der Waals surface area contributed by atoms with Crippen LogP contribution in [-0.2, 0) is 0 Å². The van der Waals surface area contributed by atoms with E-state index in [0.717, 1.165) is 12.0 Å². The molecule has 0 fully saturated rings. The van der Waals surface area contributed by atoms with Gasteiger partial charge in [-0.05, 0) is 47.9 Å². The third-order valence-electron chi connectivity index (χ3n) is 4.23. The molecule has 23 heavy (non-hydrogen) atoms. The Kier molecular flexibility index (Phi) is 5.91. The summed E-state index contributed by atoms with van der Waals surface area (Å²) in [7, 11) is 0. The maximum absolute atomic E-state index is 12.3. The number of carbonyl (C=O) groups is 1. The lowest BCUT2D eigenvalue weighted by Crippen LogP contribution is -2.26. The van der Waals surface area contributed by atoms with Crippen LogP contribution in [0.2, 0.25) is 0 Å². The van der Waals surface area contributed by atoms with Gasteiger partial charge in [-0.3, -0.25) is 9.78 Å². The van der Waals surface area contributed by atoms with Crippen LogP contribution in [0.1, 0.15) is 66.2 Å². The summed E-state index contributed by atoms with van der Waals surface area (Å²) < 4.78 is 0. The fraction of sp³-hybridized carbons (Fsp3) is 0.400. The zero-order chi connectivity index (χ0) is 16.8. The molecule has 0 aliphatic carbocycles. The summed E-state index contributed by atoms with van der Waals surface area (Å²) in [4.78, 5) is 16.5. The molecule has 1 unspecified atom stereocenters. The Labute approximate surface area is 139 Å². The lowest BCUT2D eigenvalue weighted by atomic mass is 9.98. The van der Waals surface area contributed by atoms with E-state index in [4.69, 9.17) is 0 Å². The molecule has 0 spiro atoms. The number of hydrogen-bond donors (Lipinski definition) is 1. The minimum Gasteiger partial charge on any atom is -0.351 e. The molecule has 0 saturated carbocycles. The van der Waals surface area contributed by atoms with Crippen molar-refractivity contribution in [3.05, 3.63) is 65.0 Å². The van der Waals surface area contributed by atoms with Crippen LogP contribution in [0.5, 0.6) is 0 Å². The van der Waals surface area contributed by atoms with Crippen molar-refractivity contribution in [2.45, 2.75) is 46.0 Å². The molecule has 1 aromatic heterocycles. The Morgan fingerprint density at radius 3 is 2.52 bits per heavy atom. The minimum atomic E-state index is -0.0906. The third kappa shape index (κ3) is 4.65. The summed E-state index contributed by atoms with van der Waals surface area (Å²) >= 11 is 0. The second-order valence-electron chi connectivity index (χ2n) is 6.44. The maximum Gasteiger partial charge on any atom is 0.269 e. The van der Waals surface area contributed by atoms with Crippen molar-refractivity contribution in [1.82, 2.24) is 10.3 Å². The first-order chi connectivity index (χ1) is 11.0. The number of carbonyl (C=O) groups excluding carboxylic acids is 1. The van der Waals surface area contributed by atoms with E-state index in [1.807, 2.05) is 31.2 Å². The normalized spacial score (nSPS) is 12.2. The minimum absolute atomic E-state index is 0.0906. The molecule has 3 heteroatoms. The standard InChI is InChI=1S/C20H26N2O/c1-14(2)18-12-19(22-13-16(18)4)20(23)21-11-10-15(3)17-8-6-5-7-9-17/h5-9,12-15H,10-11H2,1-4H3,(H,21,23). The smallest absolute Gasteiger partial charge is 0.269 e. The fourth-order valence-electron chi connectivity index (χ4n) is 2.73. The third-order valence-corrected chi connectivity index (χ3v) is 4.23. The SMILES string of the molecule is Cc1cnc(C(=O)NCCC(C)c2ccccc2)cc1C(C)C. The van der Waals surface area contributed by atoms with Crippen molar-refractivity contribution >= 4 is 5.91 Å². The van der Waals surface area contributed by atoms with Gasteiger partial charge < -0.3 is 5.32 Å². The van der Waals surface area contributed by atoms with Crippen molar-refractivity contribution in [3.8, 4) is 0 Å². The van der Waals surface area contributed by atoms with Gasteiger partial charge in [0.1, 0.15) is 5.69 Å². The molecule has 1 N–H and O–H groups in total. The molecule has 0 saturated heterocycles. The number of pyridine rings is 1. The highest BCUT2D eigenvalue weighted by atomic mass is 16.1. The van der Waals surface area contributed by atoms with Gasteiger partial charge in [-0.25, -0.2) is 0 Å². The zero-order valence-corrected chi connectivity index (χ0v) is 14.5. The Morgan fingerprint density at radius 1 is 1.17 bits per heavy atom. The Hall–Kier alpha value is -2.16. The highest BCUT2D eigenvalue weighted by Gasteiger charge is 2.12. The molecule has 1 amide bonds. The van der Waals surface area contributed by atoms with Crippen LogP contribution in [0.4, 0.5) is 0 Å². The predicted octanol–water partition coefficient (Wildman–Crippen LogP) is 4.44. The van der Waals surface area contributed by atoms with Crippen molar-refractivity contribution in [2.75, 3.05) is 6.54 Å². The predicted molar refractivity (Wildman–Crippen MR) is 94.9 cm³/mol. The quantitative estimate of drug-likeness (QED) is 0.857. The van der Waals surface area contributed by atoms with E-state index >= 15 is 0 Å². The van der Waals surface area contributed by atoms with Crippen molar-refractivity contribution in [1.29, 1.82) is 0 Å². The van der Waals surface area contributed by atoms with Crippen LogP contribution in [0.3, 0.4) is 0 Å². The number of aryl methyl sites for hydroxylation is 1. The molecule has 122 valence electrons. The van der Waals surface area contributed by atoms with Crippen LogP contribution < -0.4 is 5.32 Å². The summed E-state index contributed by atoms with van der Waals surface area (Å²) in [5.74, 6) is 0.725. The Morgan fingerprint density at radius 2 is 1.87 bits per heavy atom. The van der Waals surface area contributed by atoms with Crippen LogP contribution in [0.25, 0.3) is 0 Å². The molecule has 0 aliphatic heterocycles. The van der Waals surface area contributed by atoms with E-state index in [1.54, 1.807) is 6.20 Å². The average molecular weight is 310 g/mol. The van der Waals surface area contributed by atoms with E-state index in [1.165, 1.54) is 11.1 Å². The topological polar surface area (TPSA) is 42.0 Å². The van der Waals surface area contributed by atoms with E-state index in [0.29, 0.717) is 24.1 Å². The largest absolute Gasteiger partial charge is 0.351 e. The Balaban J connectivity index is 1.91. The first-order valence-electron chi connectivity index (χ1n) is 8.28. The number of hydrogen-bond acceptors (Lipinski definition) is 2. The van der Waals surface area contributed by atoms with Gasteiger partial charge in [-0.15, -0.1) is 0 Å². The Bertz CT molecular complexity index is 650. The first kappa shape index (κ1) is 17.2. The summed E-state index contributed by atoms with van der Waals surface area (Å²) in [6.45, 7) is 9.13.